The number of halogens is 1. The number of hydrogen-bond acceptors (Lipinski definition) is 5. The Morgan fingerprint density at radius 2 is 1.74 bits per heavy atom. The Balaban J connectivity index is 1.71. The van der Waals surface area contributed by atoms with Crippen LogP contribution in [0.3, 0.4) is 0 Å². The maximum absolute atomic E-state index is 11.9. The van der Waals surface area contributed by atoms with Gasteiger partial charge in [-0.2, -0.15) is 0 Å². The molecular formula is C21H20ClNO4. The molecule has 0 fully saturated rings. The highest BCUT2D eigenvalue weighted by atomic mass is 35.5. The van der Waals surface area contributed by atoms with Crippen molar-refractivity contribution in [3.63, 3.8) is 0 Å². The average molecular weight is 386 g/mol. The topological polar surface area (TPSA) is 57.7 Å². The van der Waals surface area contributed by atoms with Crippen molar-refractivity contribution in [2.24, 2.45) is 0 Å². The minimum absolute atomic E-state index is 0.309. The third kappa shape index (κ3) is 4.68. The molecule has 0 aliphatic rings. The third-order valence-electron chi connectivity index (χ3n) is 3.82. The van der Waals surface area contributed by atoms with E-state index >= 15 is 0 Å². The summed E-state index contributed by atoms with van der Waals surface area (Å²) in [7, 11) is 0. The van der Waals surface area contributed by atoms with Crippen LogP contribution in [0.25, 0.3) is 10.9 Å². The zero-order valence-corrected chi connectivity index (χ0v) is 16.1. The molecule has 0 amide bonds. The highest BCUT2D eigenvalue weighted by Crippen LogP contribution is 2.28. The molecule has 27 heavy (non-hydrogen) atoms. The molecule has 3 rings (SSSR count). The highest BCUT2D eigenvalue weighted by Gasteiger charge is 2.31. The predicted molar refractivity (Wildman–Crippen MR) is 105 cm³/mol. The van der Waals surface area contributed by atoms with Gasteiger partial charge in [-0.15, -0.1) is 0 Å². The second kappa shape index (κ2) is 7.84. The number of rotatable bonds is 6. The van der Waals surface area contributed by atoms with Crippen LogP contribution in [0, 0.1) is 0 Å². The van der Waals surface area contributed by atoms with Gasteiger partial charge in [0.2, 0.25) is 0 Å². The lowest BCUT2D eigenvalue weighted by Gasteiger charge is -2.24. The monoisotopic (exact) mass is 385 g/mol. The number of nitrogens with zero attached hydrogens (tertiary/aromatic N) is 1. The van der Waals surface area contributed by atoms with Crippen LogP contribution in [0.4, 0.5) is 0 Å². The lowest BCUT2D eigenvalue weighted by atomic mass is 10.1. The van der Waals surface area contributed by atoms with E-state index in [1.165, 1.54) is 0 Å². The second-order valence-corrected chi connectivity index (χ2v) is 6.85. The number of fused-ring (bicyclic) bond motifs is 1. The van der Waals surface area contributed by atoms with E-state index in [0.29, 0.717) is 28.9 Å². The van der Waals surface area contributed by atoms with Crippen molar-refractivity contribution in [3.05, 3.63) is 59.8 Å². The van der Waals surface area contributed by atoms with Crippen LogP contribution >= 0.6 is 11.6 Å². The second-order valence-electron chi connectivity index (χ2n) is 6.41. The van der Waals surface area contributed by atoms with Crippen LogP contribution in [-0.2, 0) is 9.53 Å². The first-order valence-corrected chi connectivity index (χ1v) is 8.94. The van der Waals surface area contributed by atoms with Crippen molar-refractivity contribution < 1.29 is 19.0 Å². The highest BCUT2D eigenvalue weighted by molar-refractivity contribution is 6.31. The number of esters is 1. The number of hydrogen-bond donors (Lipinski definition) is 0. The van der Waals surface area contributed by atoms with Gasteiger partial charge in [-0.25, -0.2) is 4.79 Å². The number of carbonyl (C=O) groups excluding carboxylic acids is 1. The lowest BCUT2D eigenvalue weighted by molar-refractivity contribution is -0.158. The molecule has 5 nitrogen and oxygen atoms in total. The first kappa shape index (κ1) is 19.0. The zero-order valence-electron chi connectivity index (χ0n) is 15.4. The Labute approximate surface area is 162 Å². The Morgan fingerprint density at radius 3 is 2.44 bits per heavy atom. The molecule has 6 heteroatoms. The summed E-state index contributed by atoms with van der Waals surface area (Å²) in [6.07, 6.45) is 1.66. The summed E-state index contributed by atoms with van der Waals surface area (Å²) in [6.45, 7) is 5.40. The number of pyridine rings is 1. The van der Waals surface area contributed by atoms with Crippen molar-refractivity contribution in [1.29, 1.82) is 0 Å². The van der Waals surface area contributed by atoms with E-state index < -0.39 is 11.6 Å². The molecule has 0 saturated carbocycles. The van der Waals surface area contributed by atoms with E-state index in [1.54, 1.807) is 57.3 Å². The van der Waals surface area contributed by atoms with Crippen LogP contribution in [0.1, 0.15) is 20.8 Å². The van der Waals surface area contributed by atoms with Crippen LogP contribution < -0.4 is 9.47 Å². The van der Waals surface area contributed by atoms with Crippen LogP contribution in [0.5, 0.6) is 17.2 Å². The van der Waals surface area contributed by atoms with Crippen molar-refractivity contribution in [3.8, 4) is 17.2 Å². The average Bonchev–Trinajstić information content (AvgIpc) is 2.63. The van der Waals surface area contributed by atoms with Crippen molar-refractivity contribution in [2.45, 2.75) is 26.4 Å². The van der Waals surface area contributed by atoms with Gasteiger partial charge in [0.15, 0.2) is 5.60 Å². The minimum atomic E-state index is -1.07. The largest absolute Gasteiger partial charge is 0.476 e. The van der Waals surface area contributed by atoms with Gasteiger partial charge >= 0.3 is 5.97 Å². The molecule has 0 radical (unpaired) electrons. The van der Waals surface area contributed by atoms with Crippen molar-refractivity contribution in [1.82, 2.24) is 4.98 Å². The molecule has 0 unspecified atom stereocenters. The van der Waals surface area contributed by atoms with E-state index in [0.717, 1.165) is 10.9 Å². The summed E-state index contributed by atoms with van der Waals surface area (Å²) in [4.78, 5) is 16.3. The summed E-state index contributed by atoms with van der Waals surface area (Å²) in [5.41, 5.74) is -0.225. The molecule has 0 saturated heterocycles. The summed E-state index contributed by atoms with van der Waals surface area (Å²) in [6, 6.07) is 14.4. The molecule has 0 aliphatic carbocycles. The minimum Gasteiger partial charge on any atom is -0.476 e. The summed E-state index contributed by atoms with van der Waals surface area (Å²) >= 11 is 6.03. The number of carbonyl (C=O) groups is 1. The number of aromatic nitrogens is 1. The Morgan fingerprint density at radius 1 is 1.04 bits per heavy atom. The molecule has 0 bridgehead atoms. The van der Waals surface area contributed by atoms with Crippen molar-refractivity contribution >= 4 is 28.5 Å². The van der Waals surface area contributed by atoms with Gasteiger partial charge in [-0.3, -0.25) is 4.98 Å². The van der Waals surface area contributed by atoms with E-state index in [2.05, 4.69) is 4.98 Å². The van der Waals surface area contributed by atoms with Crippen LogP contribution in [0.15, 0.2) is 54.7 Å². The molecular weight excluding hydrogens is 366 g/mol. The summed E-state index contributed by atoms with van der Waals surface area (Å²) in [5.74, 6) is 1.36. The molecule has 0 aliphatic heterocycles. The predicted octanol–water partition coefficient (Wildman–Crippen LogP) is 5.40. The van der Waals surface area contributed by atoms with Crippen LogP contribution in [-0.4, -0.2) is 23.2 Å². The SMILES string of the molecule is CCOC(=O)C(C)(C)Oc1ccc(Oc2cnc3ccc(Cl)cc3c2)cc1. The lowest BCUT2D eigenvalue weighted by Crippen LogP contribution is -2.39. The van der Waals surface area contributed by atoms with Crippen molar-refractivity contribution in [2.75, 3.05) is 6.61 Å². The summed E-state index contributed by atoms with van der Waals surface area (Å²) in [5, 5.41) is 1.54. The van der Waals surface area contributed by atoms with Gasteiger partial charge in [0.1, 0.15) is 17.2 Å². The van der Waals surface area contributed by atoms with Gasteiger partial charge < -0.3 is 14.2 Å². The standard InChI is InChI=1S/C21H20ClNO4/c1-4-25-20(24)21(2,3)27-17-8-6-16(7-9-17)26-18-12-14-11-15(22)5-10-19(14)23-13-18/h5-13H,4H2,1-3H3. The molecule has 2 aromatic carbocycles. The number of ether oxygens (including phenoxy) is 3. The quantitative estimate of drug-likeness (QED) is 0.531. The Bertz CT molecular complexity index is 954. The van der Waals surface area contributed by atoms with E-state index in [4.69, 9.17) is 25.8 Å². The van der Waals surface area contributed by atoms with Gasteiger partial charge in [-0.1, -0.05) is 11.6 Å². The summed E-state index contributed by atoms with van der Waals surface area (Å²) < 4.78 is 16.6. The van der Waals surface area contributed by atoms with Crippen LogP contribution in [0.2, 0.25) is 5.02 Å². The van der Waals surface area contributed by atoms with E-state index in [1.807, 2.05) is 18.2 Å². The molecule has 1 aromatic heterocycles. The normalized spacial score (nSPS) is 11.3. The zero-order chi connectivity index (χ0) is 19.4. The fraction of sp³-hybridized carbons (Fsp3) is 0.238. The molecule has 1 heterocycles. The first-order chi connectivity index (χ1) is 12.9. The molecule has 140 valence electrons. The number of benzene rings is 2. The third-order valence-corrected chi connectivity index (χ3v) is 4.05. The van der Waals surface area contributed by atoms with Gasteiger partial charge in [0, 0.05) is 10.4 Å². The van der Waals surface area contributed by atoms with E-state index in [9.17, 15) is 4.79 Å². The molecule has 0 N–H and O–H groups in total. The smallest absolute Gasteiger partial charge is 0.349 e. The first-order valence-electron chi connectivity index (χ1n) is 8.57. The Hall–Kier alpha value is -2.79. The molecule has 0 spiro atoms. The Kier molecular flexibility index (Phi) is 5.51. The van der Waals surface area contributed by atoms with Gasteiger partial charge in [0.25, 0.3) is 0 Å². The fourth-order valence-electron chi connectivity index (χ4n) is 2.49. The molecule has 0 atom stereocenters. The van der Waals surface area contributed by atoms with Gasteiger partial charge in [-0.05, 0) is 69.3 Å². The maximum atomic E-state index is 11.9. The molecule has 3 aromatic rings. The maximum Gasteiger partial charge on any atom is 0.349 e. The van der Waals surface area contributed by atoms with E-state index in [-0.39, 0.29) is 0 Å². The fourth-order valence-corrected chi connectivity index (χ4v) is 2.67. The van der Waals surface area contributed by atoms with Gasteiger partial charge in [0.05, 0.1) is 18.3 Å².